The highest BCUT2D eigenvalue weighted by Crippen LogP contribution is 2.28. The van der Waals surface area contributed by atoms with Crippen LogP contribution < -0.4 is 5.32 Å². The minimum Gasteiger partial charge on any atom is -0.373 e. The van der Waals surface area contributed by atoms with Crippen molar-refractivity contribution < 1.29 is 0 Å². The molecule has 1 aromatic heterocycles. The molecule has 18 heavy (non-hydrogen) atoms. The van der Waals surface area contributed by atoms with Crippen molar-refractivity contribution in [3.8, 4) is 11.3 Å². The second-order valence-corrected chi connectivity index (χ2v) is 4.66. The van der Waals surface area contributed by atoms with Crippen LogP contribution in [0.5, 0.6) is 0 Å². The van der Waals surface area contributed by atoms with Gasteiger partial charge in [0.05, 0.1) is 5.69 Å². The van der Waals surface area contributed by atoms with Crippen molar-refractivity contribution >= 4 is 5.82 Å². The van der Waals surface area contributed by atoms with E-state index in [1.165, 1.54) is 16.7 Å². The average Bonchev–Trinajstić information content (AvgIpc) is 2.32. The van der Waals surface area contributed by atoms with Gasteiger partial charge in [-0.3, -0.25) is 0 Å². The smallest absolute Gasteiger partial charge is 0.132 e. The number of nitrogens with one attached hydrogen (secondary N) is 1. The molecule has 0 saturated heterocycles. The predicted molar refractivity (Wildman–Crippen MR) is 76.0 cm³/mol. The lowest BCUT2D eigenvalue weighted by atomic mass is 10.00. The lowest BCUT2D eigenvalue weighted by Gasteiger charge is -2.13. The van der Waals surface area contributed by atoms with Gasteiger partial charge in [-0.15, -0.1) is 0 Å². The van der Waals surface area contributed by atoms with Gasteiger partial charge in [0.1, 0.15) is 11.6 Å². The summed E-state index contributed by atoms with van der Waals surface area (Å²) in [5.41, 5.74) is 5.81. The molecule has 2 aromatic rings. The maximum atomic E-state index is 4.59. The van der Waals surface area contributed by atoms with Crippen LogP contribution in [0.15, 0.2) is 18.2 Å². The van der Waals surface area contributed by atoms with E-state index in [9.17, 15) is 0 Å². The SMILES string of the molecule is CNc1nc(C)nc(-c2ccc(C)cc2C)c1C. The lowest BCUT2D eigenvalue weighted by Crippen LogP contribution is -2.03. The number of hydrogen-bond donors (Lipinski definition) is 1. The van der Waals surface area contributed by atoms with Crippen molar-refractivity contribution in [1.29, 1.82) is 0 Å². The molecule has 0 spiro atoms. The Labute approximate surface area is 108 Å². The first-order valence-electron chi connectivity index (χ1n) is 6.13. The van der Waals surface area contributed by atoms with Crippen LogP contribution >= 0.6 is 0 Å². The Kier molecular flexibility index (Phi) is 3.32. The number of aromatic nitrogens is 2. The van der Waals surface area contributed by atoms with Crippen LogP contribution in [0.3, 0.4) is 0 Å². The molecular weight excluding hydrogens is 222 g/mol. The van der Waals surface area contributed by atoms with Gasteiger partial charge >= 0.3 is 0 Å². The minimum atomic E-state index is 0.792. The Hall–Kier alpha value is -1.90. The van der Waals surface area contributed by atoms with Gasteiger partial charge in [0.15, 0.2) is 0 Å². The number of aryl methyl sites for hydroxylation is 3. The van der Waals surface area contributed by atoms with Crippen LogP contribution in [-0.2, 0) is 0 Å². The highest BCUT2D eigenvalue weighted by Gasteiger charge is 2.11. The van der Waals surface area contributed by atoms with E-state index >= 15 is 0 Å². The van der Waals surface area contributed by atoms with E-state index in [4.69, 9.17) is 0 Å². The first-order chi connectivity index (χ1) is 8.52. The Morgan fingerprint density at radius 1 is 1.00 bits per heavy atom. The lowest BCUT2D eigenvalue weighted by molar-refractivity contribution is 1.03. The highest BCUT2D eigenvalue weighted by atomic mass is 15.0. The number of hydrogen-bond acceptors (Lipinski definition) is 3. The van der Waals surface area contributed by atoms with Crippen molar-refractivity contribution in [2.24, 2.45) is 0 Å². The van der Waals surface area contributed by atoms with Gasteiger partial charge < -0.3 is 5.32 Å². The van der Waals surface area contributed by atoms with Crippen molar-refractivity contribution in [3.63, 3.8) is 0 Å². The summed E-state index contributed by atoms with van der Waals surface area (Å²) in [6.07, 6.45) is 0. The Balaban J connectivity index is 2.67. The molecule has 0 unspecified atom stereocenters. The fraction of sp³-hybridized carbons (Fsp3) is 0.333. The summed E-state index contributed by atoms with van der Waals surface area (Å²) in [5.74, 6) is 1.69. The van der Waals surface area contributed by atoms with Crippen LogP contribution in [-0.4, -0.2) is 17.0 Å². The van der Waals surface area contributed by atoms with Crippen LogP contribution in [0.2, 0.25) is 0 Å². The molecule has 0 amide bonds. The largest absolute Gasteiger partial charge is 0.373 e. The van der Waals surface area contributed by atoms with Gasteiger partial charge in [-0.1, -0.05) is 23.8 Å². The first-order valence-corrected chi connectivity index (χ1v) is 6.13. The molecule has 0 radical (unpaired) electrons. The standard InChI is InChI=1S/C15H19N3/c1-9-6-7-13(10(2)8-9)14-11(3)15(16-5)18-12(4)17-14/h6-8H,1-5H3,(H,16,17,18). The molecule has 0 fully saturated rings. The molecule has 0 aliphatic rings. The van der Waals surface area contributed by atoms with Gasteiger partial charge in [-0.2, -0.15) is 0 Å². The number of anilines is 1. The van der Waals surface area contributed by atoms with E-state index in [0.29, 0.717) is 0 Å². The second kappa shape index (κ2) is 4.77. The van der Waals surface area contributed by atoms with E-state index in [0.717, 1.165) is 22.9 Å². The third-order valence-electron chi connectivity index (χ3n) is 3.13. The van der Waals surface area contributed by atoms with Crippen molar-refractivity contribution in [1.82, 2.24) is 9.97 Å². The van der Waals surface area contributed by atoms with Gasteiger partial charge in [-0.25, -0.2) is 9.97 Å². The third-order valence-corrected chi connectivity index (χ3v) is 3.13. The predicted octanol–water partition coefficient (Wildman–Crippen LogP) is 3.42. The monoisotopic (exact) mass is 241 g/mol. The van der Waals surface area contributed by atoms with Crippen LogP contribution in [0.4, 0.5) is 5.82 Å². The molecule has 0 atom stereocenters. The highest BCUT2D eigenvalue weighted by molar-refractivity contribution is 5.71. The van der Waals surface area contributed by atoms with Crippen molar-refractivity contribution in [3.05, 3.63) is 40.7 Å². The fourth-order valence-corrected chi connectivity index (χ4v) is 2.21. The summed E-state index contributed by atoms with van der Waals surface area (Å²) in [6, 6.07) is 6.45. The molecule has 1 heterocycles. The molecule has 1 N–H and O–H groups in total. The Bertz CT molecular complexity index is 589. The van der Waals surface area contributed by atoms with E-state index in [1.807, 2.05) is 14.0 Å². The van der Waals surface area contributed by atoms with Crippen molar-refractivity contribution in [2.75, 3.05) is 12.4 Å². The molecule has 0 saturated carbocycles. The summed E-state index contributed by atoms with van der Waals surface area (Å²) < 4.78 is 0. The molecule has 3 heteroatoms. The maximum absolute atomic E-state index is 4.59. The van der Waals surface area contributed by atoms with Gasteiger partial charge in [0.2, 0.25) is 0 Å². The molecular formula is C15H19N3. The Morgan fingerprint density at radius 2 is 1.72 bits per heavy atom. The van der Waals surface area contributed by atoms with E-state index in [-0.39, 0.29) is 0 Å². The molecule has 94 valence electrons. The minimum absolute atomic E-state index is 0.792. The van der Waals surface area contributed by atoms with E-state index in [1.54, 1.807) is 0 Å². The zero-order chi connectivity index (χ0) is 13.3. The summed E-state index contributed by atoms with van der Waals surface area (Å²) in [5, 5.41) is 3.13. The normalized spacial score (nSPS) is 10.5. The zero-order valence-electron chi connectivity index (χ0n) is 11.6. The van der Waals surface area contributed by atoms with Crippen LogP contribution in [0.1, 0.15) is 22.5 Å². The molecule has 1 aromatic carbocycles. The molecule has 2 rings (SSSR count). The van der Waals surface area contributed by atoms with Crippen molar-refractivity contribution in [2.45, 2.75) is 27.7 Å². The van der Waals surface area contributed by atoms with Crippen LogP contribution in [0, 0.1) is 27.7 Å². The molecule has 0 aliphatic carbocycles. The van der Waals surface area contributed by atoms with Gasteiger partial charge in [0, 0.05) is 18.2 Å². The molecule has 0 bridgehead atoms. The molecule has 3 nitrogen and oxygen atoms in total. The first kappa shape index (κ1) is 12.6. The maximum Gasteiger partial charge on any atom is 0.132 e. The summed E-state index contributed by atoms with van der Waals surface area (Å²) >= 11 is 0. The number of benzene rings is 1. The second-order valence-electron chi connectivity index (χ2n) is 4.66. The van der Waals surface area contributed by atoms with Gasteiger partial charge in [-0.05, 0) is 33.3 Å². The zero-order valence-corrected chi connectivity index (χ0v) is 11.6. The fourth-order valence-electron chi connectivity index (χ4n) is 2.21. The van der Waals surface area contributed by atoms with Crippen LogP contribution in [0.25, 0.3) is 11.3 Å². The number of rotatable bonds is 2. The average molecular weight is 241 g/mol. The van der Waals surface area contributed by atoms with E-state index < -0.39 is 0 Å². The summed E-state index contributed by atoms with van der Waals surface area (Å²) in [4.78, 5) is 8.99. The number of nitrogens with zero attached hydrogens (tertiary/aromatic N) is 2. The molecule has 0 aliphatic heterocycles. The summed E-state index contributed by atoms with van der Waals surface area (Å²) in [7, 11) is 1.89. The third kappa shape index (κ3) is 2.21. The topological polar surface area (TPSA) is 37.8 Å². The quantitative estimate of drug-likeness (QED) is 0.875. The van der Waals surface area contributed by atoms with E-state index in [2.05, 4.69) is 54.3 Å². The Morgan fingerprint density at radius 3 is 2.33 bits per heavy atom. The summed E-state index contributed by atoms with van der Waals surface area (Å²) in [6.45, 7) is 8.21. The van der Waals surface area contributed by atoms with Gasteiger partial charge in [0.25, 0.3) is 0 Å².